The van der Waals surface area contributed by atoms with E-state index in [0.29, 0.717) is 25.4 Å². The topological polar surface area (TPSA) is 30.9 Å². The van der Waals surface area contributed by atoms with E-state index in [1.807, 2.05) is 13.0 Å². The number of hydrogen-bond donors (Lipinski definition) is 1. The second-order valence-electron chi connectivity index (χ2n) is 6.78. The fourth-order valence-electron chi connectivity index (χ4n) is 3.29. The number of likely N-dealkylation sites (tertiary alicyclic amines) is 1. The maximum absolute atomic E-state index is 12.3. The van der Waals surface area contributed by atoms with Gasteiger partial charge in [0.05, 0.1) is 6.54 Å². The van der Waals surface area contributed by atoms with E-state index < -0.39 is 12.7 Å². The Bertz CT molecular complexity index is 566. The Kier molecular flexibility index (Phi) is 10.4. The predicted octanol–water partition coefficient (Wildman–Crippen LogP) is 3.94. The van der Waals surface area contributed by atoms with Crippen molar-refractivity contribution in [2.75, 3.05) is 46.3 Å². The standard InChI is InChI=1S/C19H29F3N4.HI/c1-3-23-18(24-11-7-12-25(2)15-19(20,21)22)26-13-10-17(14-26)16-8-5-4-6-9-16;/h4-6,8-9,17H,3,7,10-15H2,1-2H3,(H,23,24);1H. The number of halogens is 4. The highest BCUT2D eigenvalue weighted by Gasteiger charge is 2.29. The van der Waals surface area contributed by atoms with Crippen molar-refractivity contribution in [3.8, 4) is 0 Å². The summed E-state index contributed by atoms with van der Waals surface area (Å²) >= 11 is 0. The molecule has 0 saturated carbocycles. The summed E-state index contributed by atoms with van der Waals surface area (Å²) in [6.07, 6.45) is -2.45. The maximum Gasteiger partial charge on any atom is 0.401 e. The molecule has 1 aromatic carbocycles. The van der Waals surface area contributed by atoms with Gasteiger partial charge >= 0.3 is 6.18 Å². The second kappa shape index (κ2) is 11.7. The third-order valence-corrected chi connectivity index (χ3v) is 4.50. The number of benzene rings is 1. The van der Waals surface area contributed by atoms with Crippen LogP contribution in [0.4, 0.5) is 13.2 Å². The van der Waals surface area contributed by atoms with Crippen molar-refractivity contribution < 1.29 is 13.2 Å². The van der Waals surface area contributed by atoms with Crippen LogP contribution in [0.1, 0.15) is 31.2 Å². The van der Waals surface area contributed by atoms with Gasteiger partial charge in [-0.3, -0.25) is 9.89 Å². The summed E-state index contributed by atoms with van der Waals surface area (Å²) < 4.78 is 37.0. The minimum atomic E-state index is -4.14. The predicted molar refractivity (Wildman–Crippen MR) is 115 cm³/mol. The van der Waals surface area contributed by atoms with Crippen LogP contribution in [-0.2, 0) is 0 Å². The summed E-state index contributed by atoms with van der Waals surface area (Å²) in [5.74, 6) is 1.36. The molecule has 1 saturated heterocycles. The first-order valence-corrected chi connectivity index (χ1v) is 9.22. The van der Waals surface area contributed by atoms with E-state index in [1.165, 1.54) is 17.5 Å². The van der Waals surface area contributed by atoms with Gasteiger partial charge in [0.25, 0.3) is 0 Å². The summed E-state index contributed by atoms with van der Waals surface area (Å²) in [7, 11) is 1.49. The highest BCUT2D eigenvalue weighted by Crippen LogP contribution is 2.26. The van der Waals surface area contributed by atoms with Crippen LogP contribution in [0, 0.1) is 0 Å². The number of hydrogen-bond acceptors (Lipinski definition) is 2. The van der Waals surface area contributed by atoms with Crippen molar-refractivity contribution in [1.82, 2.24) is 15.1 Å². The molecule has 1 heterocycles. The summed E-state index contributed by atoms with van der Waals surface area (Å²) in [5.41, 5.74) is 1.35. The van der Waals surface area contributed by atoms with Crippen LogP contribution in [0.5, 0.6) is 0 Å². The van der Waals surface area contributed by atoms with Gasteiger partial charge in [-0.15, -0.1) is 24.0 Å². The SMILES string of the molecule is CCNC(=NCCCN(C)CC(F)(F)F)N1CCC(c2ccccc2)C1.I. The van der Waals surface area contributed by atoms with Gasteiger partial charge in [-0.2, -0.15) is 13.2 Å². The number of aliphatic imine (C=N–C) groups is 1. The monoisotopic (exact) mass is 498 g/mol. The van der Waals surface area contributed by atoms with Crippen molar-refractivity contribution in [1.29, 1.82) is 0 Å². The summed E-state index contributed by atoms with van der Waals surface area (Å²) in [6, 6.07) is 10.5. The summed E-state index contributed by atoms with van der Waals surface area (Å²) in [6.45, 7) is 4.70. The van der Waals surface area contributed by atoms with Crippen LogP contribution in [0.2, 0.25) is 0 Å². The van der Waals surface area contributed by atoms with E-state index in [9.17, 15) is 13.2 Å². The highest BCUT2D eigenvalue weighted by molar-refractivity contribution is 14.0. The molecule has 0 radical (unpaired) electrons. The van der Waals surface area contributed by atoms with Gasteiger partial charge < -0.3 is 10.2 Å². The lowest BCUT2D eigenvalue weighted by atomic mass is 9.99. The number of nitrogens with zero attached hydrogens (tertiary/aromatic N) is 3. The fraction of sp³-hybridized carbons (Fsp3) is 0.632. The molecule has 2 rings (SSSR count). The van der Waals surface area contributed by atoms with Crippen molar-refractivity contribution in [2.45, 2.75) is 31.9 Å². The van der Waals surface area contributed by atoms with Gasteiger partial charge in [0.2, 0.25) is 0 Å². The Hall–Kier alpha value is -1.03. The zero-order valence-electron chi connectivity index (χ0n) is 16.0. The second-order valence-corrected chi connectivity index (χ2v) is 6.78. The van der Waals surface area contributed by atoms with Crippen LogP contribution < -0.4 is 5.32 Å². The molecule has 0 amide bonds. The third kappa shape index (κ3) is 8.68. The van der Waals surface area contributed by atoms with Crippen LogP contribution in [0.15, 0.2) is 35.3 Å². The maximum atomic E-state index is 12.3. The lowest BCUT2D eigenvalue weighted by Gasteiger charge is -2.22. The van der Waals surface area contributed by atoms with Crippen molar-refractivity contribution in [3.63, 3.8) is 0 Å². The van der Waals surface area contributed by atoms with Crippen LogP contribution in [-0.4, -0.2) is 68.3 Å². The minimum absolute atomic E-state index is 0. The van der Waals surface area contributed by atoms with Gasteiger partial charge in [0.1, 0.15) is 0 Å². The smallest absolute Gasteiger partial charge is 0.357 e. The van der Waals surface area contributed by atoms with Gasteiger partial charge in [-0.25, -0.2) is 0 Å². The Morgan fingerprint density at radius 3 is 2.63 bits per heavy atom. The van der Waals surface area contributed by atoms with Crippen molar-refractivity contribution in [3.05, 3.63) is 35.9 Å². The van der Waals surface area contributed by atoms with E-state index in [1.54, 1.807) is 0 Å². The van der Waals surface area contributed by atoms with Gasteiger partial charge in [-0.1, -0.05) is 30.3 Å². The number of rotatable bonds is 7. The van der Waals surface area contributed by atoms with E-state index in [-0.39, 0.29) is 24.0 Å². The highest BCUT2D eigenvalue weighted by atomic mass is 127. The fourth-order valence-corrected chi connectivity index (χ4v) is 3.29. The third-order valence-electron chi connectivity index (χ3n) is 4.50. The molecule has 0 bridgehead atoms. The summed E-state index contributed by atoms with van der Waals surface area (Å²) in [4.78, 5) is 8.16. The lowest BCUT2D eigenvalue weighted by Crippen LogP contribution is -2.40. The molecule has 27 heavy (non-hydrogen) atoms. The molecular formula is C19H30F3IN4. The Labute approximate surface area is 177 Å². The largest absolute Gasteiger partial charge is 0.401 e. The van der Waals surface area contributed by atoms with E-state index >= 15 is 0 Å². The van der Waals surface area contributed by atoms with Crippen molar-refractivity contribution >= 4 is 29.9 Å². The number of guanidine groups is 1. The molecule has 0 aliphatic carbocycles. The molecular weight excluding hydrogens is 468 g/mol. The van der Waals surface area contributed by atoms with Crippen LogP contribution >= 0.6 is 24.0 Å². The lowest BCUT2D eigenvalue weighted by molar-refractivity contribution is -0.143. The van der Waals surface area contributed by atoms with Crippen LogP contribution in [0.3, 0.4) is 0 Å². The first-order valence-electron chi connectivity index (χ1n) is 9.22. The average molecular weight is 498 g/mol. The Balaban J connectivity index is 0.00000364. The molecule has 1 aliphatic rings. The molecule has 1 aliphatic heterocycles. The van der Waals surface area contributed by atoms with E-state index in [4.69, 9.17) is 0 Å². The molecule has 1 aromatic rings. The minimum Gasteiger partial charge on any atom is -0.357 e. The normalized spacial score (nSPS) is 17.9. The molecule has 1 N–H and O–H groups in total. The van der Waals surface area contributed by atoms with Crippen LogP contribution in [0.25, 0.3) is 0 Å². The van der Waals surface area contributed by atoms with E-state index in [2.05, 4.69) is 39.5 Å². The van der Waals surface area contributed by atoms with Gasteiger partial charge in [0.15, 0.2) is 5.96 Å². The molecule has 154 valence electrons. The molecule has 1 unspecified atom stereocenters. The first-order chi connectivity index (χ1) is 12.4. The summed E-state index contributed by atoms with van der Waals surface area (Å²) in [5, 5.41) is 3.31. The van der Waals surface area contributed by atoms with Gasteiger partial charge in [0, 0.05) is 32.1 Å². The zero-order valence-corrected chi connectivity index (χ0v) is 18.3. The molecule has 4 nitrogen and oxygen atoms in total. The van der Waals surface area contributed by atoms with E-state index in [0.717, 1.165) is 32.0 Å². The Morgan fingerprint density at radius 2 is 2.00 bits per heavy atom. The number of alkyl halides is 3. The first kappa shape index (κ1) is 24.0. The molecule has 1 fully saturated rings. The Morgan fingerprint density at radius 1 is 1.30 bits per heavy atom. The zero-order chi connectivity index (χ0) is 19.0. The van der Waals surface area contributed by atoms with Crippen molar-refractivity contribution in [2.24, 2.45) is 4.99 Å². The molecule has 8 heteroatoms. The average Bonchev–Trinajstić information content (AvgIpc) is 3.07. The molecule has 0 aromatic heterocycles. The molecule has 1 atom stereocenters. The molecule has 0 spiro atoms. The number of nitrogens with one attached hydrogen (secondary N) is 1. The quantitative estimate of drug-likeness (QED) is 0.268. The van der Waals surface area contributed by atoms with Gasteiger partial charge in [-0.05, 0) is 38.9 Å².